The van der Waals surface area contributed by atoms with Gasteiger partial charge >= 0.3 is 0 Å². The van der Waals surface area contributed by atoms with Crippen LogP contribution in [0.15, 0.2) is 18.3 Å². The number of rotatable bonds is 6. The van der Waals surface area contributed by atoms with Crippen molar-refractivity contribution in [1.82, 2.24) is 9.88 Å². The number of thioether (sulfide) groups is 1. The molecule has 3 nitrogen and oxygen atoms in total. The Labute approximate surface area is 95.9 Å². The minimum absolute atomic E-state index is 0.620. The van der Waals surface area contributed by atoms with E-state index in [-0.39, 0.29) is 0 Å². The van der Waals surface area contributed by atoms with Crippen molar-refractivity contribution in [3.63, 3.8) is 0 Å². The van der Waals surface area contributed by atoms with Gasteiger partial charge in [0.05, 0.1) is 5.60 Å². The third-order valence-corrected chi connectivity index (χ3v) is 3.23. The molecule has 2 N–H and O–H groups in total. The van der Waals surface area contributed by atoms with Crippen LogP contribution in [-0.4, -0.2) is 33.8 Å². The van der Waals surface area contributed by atoms with Crippen molar-refractivity contribution < 1.29 is 5.11 Å². The van der Waals surface area contributed by atoms with Gasteiger partial charge in [-0.1, -0.05) is 0 Å². The van der Waals surface area contributed by atoms with Crippen LogP contribution in [0.1, 0.15) is 12.6 Å². The summed E-state index contributed by atoms with van der Waals surface area (Å²) in [4.78, 5) is 0. The molecule has 0 aliphatic rings. The Hall–Kier alpha value is -0.450. The van der Waals surface area contributed by atoms with E-state index < -0.39 is 5.60 Å². The zero-order chi connectivity index (χ0) is 11.3. The van der Waals surface area contributed by atoms with Crippen LogP contribution in [0.4, 0.5) is 0 Å². The van der Waals surface area contributed by atoms with Gasteiger partial charge in [0.2, 0.25) is 0 Å². The fourth-order valence-electron chi connectivity index (χ4n) is 1.50. The molecule has 15 heavy (non-hydrogen) atoms. The lowest BCUT2D eigenvalue weighted by Crippen LogP contribution is -2.39. The highest BCUT2D eigenvalue weighted by molar-refractivity contribution is 7.98. The van der Waals surface area contributed by atoms with Crippen molar-refractivity contribution in [2.24, 2.45) is 7.05 Å². The highest BCUT2D eigenvalue weighted by atomic mass is 32.2. The average Bonchev–Trinajstić information content (AvgIpc) is 2.51. The van der Waals surface area contributed by atoms with Gasteiger partial charge in [-0.05, 0) is 25.3 Å². The Morgan fingerprint density at radius 2 is 2.33 bits per heavy atom. The first-order chi connectivity index (χ1) is 7.05. The van der Waals surface area contributed by atoms with E-state index in [9.17, 15) is 5.11 Å². The molecule has 86 valence electrons. The number of aryl methyl sites for hydroxylation is 1. The smallest absolute Gasteiger partial charge is 0.0833 e. The summed E-state index contributed by atoms with van der Waals surface area (Å²) in [6.45, 7) is 3.29. The van der Waals surface area contributed by atoms with Crippen LogP contribution in [0.2, 0.25) is 0 Å². The van der Waals surface area contributed by atoms with Gasteiger partial charge < -0.3 is 15.0 Å². The second kappa shape index (κ2) is 5.58. The quantitative estimate of drug-likeness (QED) is 0.769. The van der Waals surface area contributed by atoms with Crippen LogP contribution in [0.25, 0.3) is 0 Å². The first kappa shape index (κ1) is 12.6. The van der Waals surface area contributed by atoms with E-state index >= 15 is 0 Å². The summed E-state index contributed by atoms with van der Waals surface area (Å²) in [6, 6.07) is 4.10. The molecule has 0 saturated heterocycles. The molecule has 1 aromatic heterocycles. The molecule has 0 bridgehead atoms. The number of nitrogens with one attached hydrogen (secondary N) is 1. The van der Waals surface area contributed by atoms with Crippen LogP contribution in [0, 0.1) is 0 Å². The van der Waals surface area contributed by atoms with Crippen LogP contribution >= 0.6 is 11.8 Å². The van der Waals surface area contributed by atoms with Gasteiger partial charge in [-0.25, -0.2) is 0 Å². The second-order valence-corrected chi connectivity index (χ2v) is 5.01. The monoisotopic (exact) mass is 228 g/mol. The molecule has 1 heterocycles. The van der Waals surface area contributed by atoms with Gasteiger partial charge in [0, 0.05) is 37.8 Å². The van der Waals surface area contributed by atoms with E-state index in [1.807, 2.05) is 32.5 Å². The van der Waals surface area contributed by atoms with E-state index in [0.29, 0.717) is 6.54 Å². The molecule has 1 unspecified atom stereocenters. The lowest BCUT2D eigenvalue weighted by molar-refractivity contribution is 0.0844. The van der Waals surface area contributed by atoms with Crippen LogP contribution < -0.4 is 5.32 Å². The fourth-order valence-corrected chi connectivity index (χ4v) is 2.23. The van der Waals surface area contributed by atoms with E-state index in [1.165, 1.54) is 5.69 Å². The zero-order valence-corrected chi connectivity index (χ0v) is 10.5. The Balaban J connectivity index is 2.30. The molecule has 1 rings (SSSR count). The Morgan fingerprint density at radius 1 is 1.60 bits per heavy atom. The SMILES string of the molecule is CSCC(C)(O)CNCc1cccn1C. The van der Waals surface area contributed by atoms with Crippen molar-refractivity contribution in [2.75, 3.05) is 18.6 Å². The standard InChI is InChI=1S/C11H20N2OS/c1-11(14,9-15-3)8-12-7-10-5-4-6-13(10)2/h4-6,12,14H,7-9H2,1-3H3. The lowest BCUT2D eigenvalue weighted by Gasteiger charge is -2.22. The number of aromatic nitrogens is 1. The number of hydrogen-bond donors (Lipinski definition) is 2. The molecule has 4 heteroatoms. The molecule has 0 aliphatic heterocycles. The van der Waals surface area contributed by atoms with Crippen LogP contribution in [0.5, 0.6) is 0 Å². The maximum atomic E-state index is 9.92. The van der Waals surface area contributed by atoms with Gasteiger partial charge in [-0.2, -0.15) is 11.8 Å². The van der Waals surface area contributed by atoms with E-state index in [1.54, 1.807) is 11.8 Å². The number of nitrogens with zero attached hydrogens (tertiary/aromatic N) is 1. The van der Waals surface area contributed by atoms with Gasteiger partial charge in [0.1, 0.15) is 0 Å². The first-order valence-electron chi connectivity index (χ1n) is 5.07. The molecule has 1 aromatic rings. The lowest BCUT2D eigenvalue weighted by atomic mass is 10.1. The highest BCUT2D eigenvalue weighted by Crippen LogP contribution is 2.09. The number of hydrogen-bond acceptors (Lipinski definition) is 3. The Morgan fingerprint density at radius 3 is 2.87 bits per heavy atom. The van der Waals surface area contributed by atoms with Crippen molar-refractivity contribution in [2.45, 2.75) is 19.1 Å². The molecule has 0 aromatic carbocycles. The molecule has 0 spiro atoms. The Bertz CT molecular complexity index is 297. The predicted octanol–water partition coefficient (Wildman–Crippen LogP) is 1.23. The summed E-state index contributed by atoms with van der Waals surface area (Å²) in [5.74, 6) is 0.757. The molecule has 0 saturated carbocycles. The topological polar surface area (TPSA) is 37.2 Å². The molecule has 0 radical (unpaired) electrons. The Kier molecular flexibility index (Phi) is 4.70. The molecule has 0 aliphatic carbocycles. The second-order valence-electron chi connectivity index (χ2n) is 4.14. The molecular weight excluding hydrogens is 208 g/mol. The molecular formula is C11H20N2OS. The molecule has 1 atom stereocenters. The van der Waals surface area contributed by atoms with E-state index in [2.05, 4.69) is 16.0 Å². The van der Waals surface area contributed by atoms with Crippen LogP contribution in [0.3, 0.4) is 0 Å². The van der Waals surface area contributed by atoms with E-state index in [4.69, 9.17) is 0 Å². The highest BCUT2D eigenvalue weighted by Gasteiger charge is 2.18. The summed E-state index contributed by atoms with van der Waals surface area (Å²) >= 11 is 1.66. The molecule has 0 amide bonds. The summed E-state index contributed by atoms with van der Waals surface area (Å²) in [7, 11) is 2.02. The normalized spacial score (nSPS) is 15.2. The van der Waals surface area contributed by atoms with E-state index in [0.717, 1.165) is 12.3 Å². The first-order valence-corrected chi connectivity index (χ1v) is 6.47. The van der Waals surface area contributed by atoms with Crippen molar-refractivity contribution in [3.05, 3.63) is 24.0 Å². The van der Waals surface area contributed by atoms with Gasteiger partial charge in [0.15, 0.2) is 0 Å². The summed E-state index contributed by atoms with van der Waals surface area (Å²) in [6.07, 6.45) is 4.03. The fraction of sp³-hybridized carbons (Fsp3) is 0.636. The minimum Gasteiger partial charge on any atom is -0.388 e. The van der Waals surface area contributed by atoms with Crippen molar-refractivity contribution in [1.29, 1.82) is 0 Å². The predicted molar refractivity (Wildman–Crippen MR) is 66.1 cm³/mol. The van der Waals surface area contributed by atoms with Gasteiger partial charge in [0.25, 0.3) is 0 Å². The van der Waals surface area contributed by atoms with Crippen molar-refractivity contribution >= 4 is 11.8 Å². The maximum Gasteiger partial charge on any atom is 0.0833 e. The van der Waals surface area contributed by atoms with Crippen molar-refractivity contribution in [3.8, 4) is 0 Å². The van der Waals surface area contributed by atoms with Gasteiger partial charge in [-0.15, -0.1) is 0 Å². The largest absolute Gasteiger partial charge is 0.388 e. The minimum atomic E-state index is -0.620. The van der Waals surface area contributed by atoms with Crippen LogP contribution in [-0.2, 0) is 13.6 Å². The summed E-state index contributed by atoms with van der Waals surface area (Å²) in [5.41, 5.74) is 0.611. The average molecular weight is 228 g/mol. The summed E-state index contributed by atoms with van der Waals surface area (Å²) < 4.78 is 2.08. The third-order valence-electron chi connectivity index (χ3n) is 2.32. The zero-order valence-electron chi connectivity index (χ0n) is 9.66. The maximum absolute atomic E-state index is 9.92. The third kappa shape index (κ3) is 4.28. The van der Waals surface area contributed by atoms with Gasteiger partial charge in [-0.3, -0.25) is 0 Å². The summed E-state index contributed by atoms with van der Waals surface area (Å²) in [5, 5.41) is 13.2. The number of aliphatic hydroxyl groups is 1. The molecule has 0 fully saturated rings.